The number of nitrogens with zero attached hydrogens (tertiary/aromatic N) is 2. The summed E-state index contributed by atoms with van der Waals surface area (Å²) in [6, 6.07) is 7.26. The van der Waals surface area contributed by atoms with Crippen LogP contribution in [0.4, 0.5) is 5.82 Å². The third kappa shape index (κ3) is 3.33. The van der Waals surface area contributed by atoms with Crippen molar-refractivity contribution < 1.29 is 9.47 Å². The Balaban J connectivity index is 2.16. The number of nitrogens with one attached hydrogen (secondary N) is 1. The van der Waals surface area contributed by atoms with Gasteiger partial charge in [0, 0.05) is 0 Å². The van der Waals surface area contributed by atoms with E-state index in [9.17, 15) is 0 Å². The molecular formula is C12H13BrN4O2. The Hall–Kier alpha value is -1.86. The molecule has 0 amide bonds. The summed E-state index contributed by atoms with van der Waals surface area (Å²) in [6.45, 7) is 2.56. The Labute approximate surface area is 119 Å². The highest BCUT2D eigenvalue weighted by molar-refractivity contribution is 9.10. The number of rotatable bonds is 5. The summed E-state index contributed by atoms with van der Waals surface area (Å²) in [6.07, 6.45) is 1.36. The molecule has 1 aromatic carbocycles. The maximum atomic E-state index is 5.64. The largest absolute Gasteiger partial charge is 0.494 e. The fourth-order valence-electron chi connectivity index (χ4n) is 1.41. The van der Waals surface area contributed by atoms with Crippen molar-refractivity contribution in [3.8, 4) is 17.4 Å². The molecule has 0 fully saturated rings. The molecule has 2 aromatic rings. The molecule has 0 saturated heterocycles. The summed E-state index contributed by atoms with van der Waals surface area (Å²) in [5.74, 6) is 7.60. The first-order valence-corrected chi connectivity index (χ1v) is 6.41. The second-order valence-electron chi connectivity index (χ2n) is 3.49. The van der Waals surface area contributed by atoms with Crippen LogP contribution in [0.1, 0.15) is 6.92 Å². The maximum absolute atomic E-state index is 5.64. The first-order valence-electron chi connectivity index (χ1n) is 5.62. The summed E-state index contributed by atoms with van der Waals surface area (Å²) < 4.78 is 11.6. The van der Waals surface area contributed by atoms with Gasteiger partial charge in [0.05, 0.1) is 6.61 Å². The van der Waals surface area contributed by atoms with Gasteiger partial charge < -0.3 is 14.9 Å². The Morgan fingerprint density at radius 1 is 1.21 bits per heavy atom. The van der Waals surface area contributed by atoms with Gasteiger partial charge in [-0.1, -0.05) is 0 Å². The van der Waals surface area contributed by atoms with Gasteiger partial charge >= 0.3 is 0 Å². The molecule has 0 aliphatic rings. The summed E-state index contributed by atoms with van der Waals surface area (Å²) in [7, 11) is 0. The third-order valence-corrected chi connectivity index (χ3v) is 2.96. The van der Waals surface area contributed by atoms with E-state index in [4.69, 9.17) is 15.3 Å². The SMILES string of the molecule is CCOc1ccc(Oc2ncnc(NN)c2Br)cc1. The molecule has 0 aliphatic heterocycles. The maximum Gasteiger partial charge on any atom is 0.238 e. The van der Waals surface area contributed by atoms with Crippen LogP contribution in [-0.4, -0.2) is 16.6 Å². The monoisotopic (exact) mass is 324 g/mol. The van der Waals surface area contributed by atoms with Gasteiger partial charge in [0.25, 0.3) is 0 Å². The van der Waals surface area contributed by atoms with Gasteiger partial charge in [-0.3, -0.25) is 0 Å². The van der Waals surface area contributed by atoms with E-state index in [-0.39, 0.29) is 0 Å². The molecule has 0 aliphatic carbocycles. The molecule has 100 valence electrons. The molecule has 1 aromatic heterocycles. The van der Waals surface area contributed by atoms with Crippen LogP contribution in [0.2, 0.25) is 0 Å². The fraction of sp³-hybridized carbons (Fsp3) is 0.167. The number of halogens is 1. The van der Waals surface area contributed by atoms with Crippen LogP contribution in [0.5, 0.6) is 17.4 Å². The minimum absolute atomic E-state index is 0.382. The highest BCUT2D eigenvalue weighted by Gasteiger charge is 2.09. The lowest BCUT2D eigenvalue weighted by Gasteiger charge is -2.09. The zero-order valence-electron chi connectivity index (χ0n) is 10.3. The zero-order valence-corrected chi connectivity index (χ0v) is 11.8. The van der Waals surface area contributed by atoms with E-state index in [2.05, 4.69) is 31.3 Å². The van der Waals surface area contributed by atoms with Crippen LogP contribution >= 0.6 is 15.9 Å². The molecule has 2 rings (SSSR count). The smallest absolute Gasteiger partial charge is 0.238 e. The Morgan fingerprint density at radius 3 is 2.53 bits per heavy atom. The molecule has 7 heteroatoms. The van der Waals surface area contributed by atoms with Crippen LogP contribution in [0.15, 0.2) is 35.1 Å². The minimum Gasteiger partial charge on any atom is -0.494 e. The van der Waals surface area contributed by atoms with Crippen molar-refractivity contribution in [1.29, 1.82) is 0 Å². The Kier molecular flexibility index (Phi) is 4.53. The molecule has 1 heterocycles. The van der Waals surface area contributed by atoms with Crippen LogP contribution in [0, 0.1) is 0 Å². The lowest BCUT2D eigenvalue weighted by Crippen LogP contribution is -2.09. The van der Waals surface area contributed by atoms with Crippen molar-refractivity contribution in [2.24, 2.45) is 5.84 Å². The first-order chi connectivity index (χ1) is 9.24. The molecule has 0 saturated carbocycles. The van der Waals surface area contributed by atoms with Gasteiger partial charge in [-0.15, -0.1) is 0 Å². The van der Waals surface area contributed by atoms with Crippen LogP contribution < -0.4 is 20.7 Å². The van der Waals surface area contributed by atoms with Gasteiger partial charge in [0.15, 0.2) is 5.82 Å². The van der Waals surface area contributed by atoms with Crippen molar-refractivity contribution in [3.63, 3.8) is 0 Å². The number of ether oxygens (including phenoxy) is 2. The quantitative estimate of drug-likeness (QED) is 0.650. The molecule has 19 heavy (non-hydrogen) atoms. The lowest BCUT2D eigenvalue weighted by atomic mass is 10.3. The summed E-state index contributed by atoms with van der Waals surface area (Å²) in [4.78, 5) is 7.98. The van der Waals surface area contributed by atoms with E-state index in [0.717, 1.165) is 5.75 Å². The number of nitrogen functional groups attached to an aromatic ring is 1. The van der Waals surface area contributed by atoms with Crippen LogP contribution in [-0.2, 0) is 0 Å². The van der Waals surface area contributed by atoms with Crippen molar-refractivity contribution in [3.05, 3.63) is 35.1 Å². The normalized spacial score (nSPS) is 10.1. The van der Waals surface area contributed by atoms with Gasteiger partial charge in [0.2, 0.25) is 5.88 Å². The average Bonchev–Trinajstić information content (AvgIpc) is 2.43. The van der Waals surface area contributed by atoms with Gasteiger partial charge in [-0.25, -0.2) is 15.8 Å². The van der Waals surface area contributed by atoms with Gasteiger partial charge in [-0.05, 0) is 47.1 Å². The van der Waals surface area contributed by atoms with E-state index in [0.29, 0.717) is 28.5 Å². The lowest BCUT2D eigenvalue weighted by molar-refractivity contribution is 0.339. The van der Waals surface area contributed by atoms with Crippen LogP contribution in [0.25, 0.3) is 0 Å². The second kappa shape index (κ2) is 6.35. The molecule has 0 bridgehead atoms. The summed E-state index contributed by atoms with van der Waals surface area (Å²) in [5.41, 5.74) is 2.45. The number of nitrogens with two attached hydrogens (primary N) is 1. The summed E-state index contributed by atoms with van der Waals surface area (Å²) >= 11 is 3.32. The number of benzene rings is 1. The molecule has 3 N–H and O–H groups in total. The van der Waals surface area contributed by atoms with Gasteiger partial charge in [-0.2, -0.15) is 0 Å². The van der Waals surface area contributed by atoms with Crippen molar-refractivity contribution >= 4 is 21.7 Å². The molecule has 0 spiro atoms. The number of aromatic nitrogens is 2. The molecule has 0 atom stereocenters. The van der Waals surface area contributed by atoms with Crippen molar-refractivity contribution in [1.82, 2.24) is 9.97 Å². The number of hydrogen-bond acceptors (Lipinski definition) is 6. The highest BCUT2D eigenvalue weighted by Crippen LogP contribution is 2.31. The molecule has 0 radical (unpaired) electrons. The second-order valence-corrected chi connectivity index (χ2v) is 4.29. The first kappa shape index (κ1) is 13.6. The van der Waals surface area contributed by atoms with Crippen molar-refractivity contribution in [2.45, 2.75) is 6.92 Å². The predicted molar refractivity (Wildman–Crippen MR) is 75.2 cm³/mol. The molecule has 6 nitrogen and oxygen atoms in total. The standard InChI is InChI=1S/C12H13BrN4O2/c1-2-18-8-3-5-9(6-4-8)19-12-10(13)11(17-14)15-7-16-12/h3-7H,2,14H2,1H3,(H,15,16,17). The number of hydrazine groups is 1. The predicted octanol–water partition coefficient (Wildman–Crippen LogP) is 2.72. The Morgan fingerprint density at radius 2 is 1.89 bits per heavy atom. The fourth-order valence-corrected chi connectivity index (χ4v) is 1.81. The Bertz CT molecular complexity index is 548. The van der Waals surface area contributed by atoms with Gasteiger partial charge in [0.1, 0.15) is 22.3 Å². The van der Waals surface area contributed by atoms with Crippen LogP contribution in [0.3, 0.4) is 0 Å². The topological polar surface area (TPSA) is 82.3 Å². The van der Waals surface area contributed by atoms with E-state index in [1.54, 1.807) is 12.1 Å². The molecular weight excluding hydrogens is 312 g/mol. The van der Waals surface area contributed by atoms with E-state index >= 15 is 0 Å². The molecule has 0 unspecified atom stereocenters. The highest BCUT2D eigenvalue weighted by atomic mass is 79.9. The van der Waals surface area contributed by atoms with E-state index < -0.39 is 0 Å². The summed E-state index contributed by atoms with van der Waals surface area (Å²) in [5, 5.41) is 0. The van der Waals surface area contributed by atoms with E-state index in [1.165, 1.54) is 6.33 Å². The van der Waals surface area contributed by atoms with E-state index in [1.807, 2.05) is 19.1 Å². The zero-order chi connectivity index (χ0) is 13.7. The third-order valence-electron chi connectivity index (χ3n) is 2.24. The number of hydrogen-bond donors (Lipinski definition) is 2. The van der Waals surface area contributed by atoms with Crippen molar-refractivity contribution in [2.75, 3.05) is 12.0 Å². The minimum atomic E-state index is 0.382. The average molecular weight is 325 g/mol. The number of anilines is 1.